The molecule has 0 spiro atoms. The lowest BCUT2D eigenvalue weighted by molar-refractivity contribution is 0.0128. The summed E-state index contributed by atoms with van der Waals surface area (Å²) in [5.41, 5.74) is 0. The summed E-state index contributed by atoms with van der Waals surface area (Å²) in [5.74, 6) is 0.771. The van der Waals surface area contributed by atoms with Crippen molar-refractivity contribution >= 4 is 0 Å². The molecule has 0 aromatic carbocycles. The second-order valence-electron chi connectivity index (χ2n) is 5.96. The van der Waals surface area contributed by atoms with Crippen LogP contribution in [0.25, 0.3) is 0 Å². The highest BCUT2D eigenvalue weighted by Crippen LogP contribution is 2.23. The first-order valence-electron chi connectivity index (χ1n) is 7.89. The van der Waals surface area contributed by atoms with Crippen LogP contribution in [0.5, 0.6) is 0 Å². The van der Waals surface area contributed by atoms with Gasteiger partial charge in [0.05, 0.1) is 12.2 Å². The van der Waals surface area contributed by atoms with Crippen LogP contribution in [-0.4, -0.2) is 63.5 Å². The molecule has 2 aliphatic rings. The minimum atomic E-state index is 0.441. The molecule has 19 heavy (non-hydrogen) atoms. The maximum Gasteiger partial charge on any atom is 0.0707 e. The molecule has 4 nitrogen and oxygen atoms in total. The van der Waals surface area contributed by atoms with Gasteiger partial charge in [-0.25, -0.2) is 0 Å². The molecule has 2 saturated heterocycles. The summed E-state index contributed by atoms with van der Waals surface area (Å²) < 4.78 is 11.4. The third kappa shape index (κ3) is 5.03. The second kappa shape index (κ2) is 8.20. The molecule has 2 rings (SSSR count). The lowest BCUT2D eigenvalue weighted by atomic mass is 9.97. The van der Waals surface area contributed by atoms with Crippen molar-refractivity contribution in [2.75, 3.05) is 46.4 Å². The molecule has 2 atom stereocenters. The maximum atomic E-state index is 6.11. The van der Waals surface area contributed by atoms with E-state index >= 15 is 0 Å². The van der Waals surface area contributed by atoms with E-state index in [-0.39, 0.29) is 0 Å². The van der Waals surface area contributed by atoms with Crippen molar-refractivity contribution in [3.63, 3.8) is 0 Å². The molecular weight excluding hydrogens is 240 g/mol. The smallest absolute Gasteiger partial charge is 0.0707 e. The van der Waals surface area contributed by atoms with Gasteiger partial charge in [-0.1, -0.05) is 6.92 Å². The monoisotopic (exact) mass is 270 g/mol. The fraction of sp³-hybridized carbons (Fsp3) is 1.00. The number of nitrogens with zero attached hydrogens (tertiary/aromatic N) is 1. The van der Waals surface area contributed by atoms with Crippen molar-refractivity contribution in [3.05, 3.63) is 0 Å². The molecule has 0 aliphatic carbocycles. The average molecular weight is 270 g/mol. The summed E-state index contributed by atoms with van der Waals surface area (Å²) in [5, 5.41) is 3.38. The fourth-order valence-corrected chi connectivity index (χ4v) is 3.23. The topological polar surface area (TPSA) is 33.7 Å². The van der Waals surface area contributed by atoms with Crippen molar-refractivity contribution in [2.45, 2.75) is 44.8 Å². The van der Waals surface area contributed by atoms with E-state index in [1.165, 1.54) is 38.8 Å². The number of hydrogen-bond acceptors (Lipinski definition) is 4. The van der Waals surface area contributed by atoms with Gasteiger partial charge in [-0.05, 0) is 51.2 Å². The number of ether oxygens (including phenoxy) is 2. The first kappa shape index (κ1) is 15.2. The van der Waals surface area contributed by atoms with Gasteiger partial charge in [-0.15, -0.1) is 0 Å². The standard InChI is InChI=1S/C15H30N2O2/c1-3-16-10-14-4-5-15(19-14)11-17-8-6-13(7-9-17)12-18-2/h13-16H,3-12H2,1-2H3. The zero-order valence-electron chi connectivity index (χ0n) is 12.6. The number of likely N-dealkylation sites (tertiary alicyclic amines) is 1. The molecule has 2 fully saturated rings. The molecule has 4 heteroatoms. The third-order valence-electron chi connectivity index (χ3n) is 4.39. The van der Waals surface area contributed by atoms with Crippen LogP contribution in [0.1, 0.15) is 32.6 Å². The number of nitrogens with one attached hydrogen (secondary N) is 1. The first-order valence-corrected chi connectivity index (χ1v) is 7.89. The van der Waals surface area contributed by atoms with E-state index in [1.807, 2.05) is 7.11 Å². The van der Waals surface area contributed by atoms with E-state index < -0.39 is 0 Å². The highest BCUT2D eigenvalue weighted by molar-refractivity contribution is 4.80. The van der Waals surface area contributed by atoms with Gasteiger partial charge in [0.1, 0.15) is 0 Å². The quantitative estimate of drug-likeness (QED) is 0.760. The van der Waals surface area contributed by atoms with Gasteiger partial charge >= 0.3 is 0 Å². The van der Waals surface area contributed by atoms with Crippen molar-refractivity contribution in [2.24, 2.45) is 5.92 Å². The van der Waals surface area contributed by atoms with Crippen molar-refractivity contribution in [3.8, 4) is 0 Å². The Morgan fingerprint density at radius 1 is 1.16 bits per heavy atom. The molecule has 1 N–H and O–H groups in total. The summed E-state index contributed by atoms with van der Waals surface area (Å²) in [4.78, 5) is 2.58. The SMILES string of the molecule is CCNCC1CCC(CN2CCC(COC)CC2)O1. The predicted octanol–water partition coefficient (Wildman–Crippen LogP) is 1.50. The van der Waals surface area contributed by atoms with Crippen LogP contribution in [0.4, 0.5) is 0 Å². The lowest BCUT2D eigenvalue weighted by Gasteiger charge is -2.33. The zero-order valence-corrected chi connectivity index (χ0v) is 12.6. The van der Waals surface area contributed by atoms with Gasteiger partial charge in [-0.3, -0.25) is 0 Å². The van der Waals surface area contributed by atoms with Crippen LogP contribution < -0.4 is 5.32 Å². The molecular formula is C15H30N2O2. The molecule has 2 heterocycles. The van der Waals surface area contributed by atoms with Gasteiger partial charge < -0.3 is 19.7 Å². The molecule has 0 radical (unpaired) electrons. The highest BCUT2D eigenvalue weighted by atomic mass is 16.5. The van der Waals surface area contributed by atoms with E-state index in [0.717, 1.165) is 32.2 Å². The Balaban J connectivity index is 1.61. The Morgan fingerprint density at radius 3 is 2.58 bits per heavy atom. The fourth-order valence-electron chi connectivity index (χ4n) is 3.23. The van der Waals surface area contributed by atoms with Crippen molar-refractivity contribution in [1.82, 2.24) is 10.2 Å². The zero-order chi connectivity index (χ0) is 13.5. The summed E-state index contributed by atoms with van der Waals surface area (Å²) in [6.07, 6.45) is 5.91. The van der Waals surface area contributed by atoms with Gasteiger partial charge in [0, 0.05) is 26.8 Å². The number of methoxy groups -OCH3 is 1. The van der Waals surface area contributed by atoms with Crippen LogP contribution >= 0.6 is 0 Å². The van der Waals surface area contributed by atoms with Crippen LogP contribution in [-0.2, 0) is 9.47 Å². The molecule has 2 aliphatic heterocycles. The molecule has 0 aromatic heterocycles. The van der Waals surface area contributed by atoms with Crippen molar-refractivity contribution < 1.29 is 9.47 Å². The number of hydrogen-bond donors (Lipinski definition) is 1. The Hall–Kier alpha value is -0.160. The van der Waals surface area contributed by atoms with Gasteiger partial charge in [-0.2, -0.15) is 0 Å². The number of rotatable bonds is 7. The van der Waals surface area contributed by atoms with Gasteiger partial charge in [0.2, 0.25) is 0 Å². The Morgan fingerprint density at radius 2 is 1.89 bits per heavy atom. The minimum absolute atomic E-state index is 0.441. The van der Waals surface area contributed by atoms with Crippen LogP contribution in [0.15, 0.2) is 0 Å². The molecule has 112 valence electrons. The number of likely N-dealkylation sites (N-methyl/N-ethyl adjacent to an activating group) is 1. The number of piperidine rings is 1. The second-order valence-corrected chi connectivity index (χ2v) is 5.96. The normalized spacial score (nSPS) is 30.0. The van der Waals surface area contributed by atoms with E-state index in [1.54, 1.807) is 0 Å². The maximum absolute atomic E-state index is 6.11. The van der Waals surface area contributed by atoms with Crippen LogP contribution in [0.3, 0.4) is 0 Å². The highest BCUT2D eigenvalue weighted by Gasteiger charge is 2.28. The lowest BCUT2D eigenvalue weighted by Crippen LogP contribution is -2.40. The summed E-state index contributed by atoms with van der Waals surface area (Å²) in [6, 6.07) is 0. The van der Waals surface area contributed by atoms with E-state index in [4.69, 9.17) is 9.47 Å². The molecule has 0 amide bonds. The third-order valence-corrected chi connectivity index (χ3v) is 4.39. The summed E-state index contributed by atoms with van der Waals surface area (Å²) >= 11 is 0. The predicted molar refractivity (Wildman–Crippen MR) is 77.5 cm³/mol. The van der Waals surface area contributed by atoms with Gasteiger partial charge in [0.25, 0.3) is 0 Å². The average Bonchev–Trinajstić information content (AvgIpc) is 2.87. The minimum Gasteiger partial charge on any atom is -0.384 e. The Labute approximate surface area is 117 Å². The summed E-state index contributed by atoms with van der Waals surface area (Å²) in [6.45, 7) is 8.69. The first-order chi connectivity index (χ1) is 9.31. The van der Waals surface area contributed by atoms with Crippen molar-refractivity contribution in [1.29, 1.82) is 0 Å². The van der Waals surface area contributed by atoms with Crippen LogP contribution in [0.2, 0.25) is 0 Å². The molecule has 0 saturated carbocycles. The largest absolute Gasteiger partial charge is 0.384 e. The Bertz CT molecular complexity index is 242. The molecule has 0 aromatic rings. The summed E-state index contributed by atoms with van der Waals surface area (Å²) in [7, 11) is 1.81. The van der Waals surface area contributed by atoms with Gasteiger partial charge in [0.15, 0.2) is 0 Å². The van der Waals surface area contributed by atoms with E-state index in [9.17, 15) is 0 Å². The van der Waals surface area contributed by atoms with E-state index in [2.05, 4.69) is 17.1 Å². The molecule has 2 unspecified atom stereocenters. The van der Waals surface area contributed by atoms with E-state index in [0.29, 0.717) is 12.2 Å². The van der Waals surface area contributed by atoms with Crippen LogP contribution in [0, 0.1) is 5.92 Å². The molecule has 0 bridgehead atoms. The Kier molecular flexibility index (Phi) is 6.57.